The van der Waals surface area contributed by atoms with Crippen LogP contribution in [0.5, 0.6) is 0 Å². The van der Waals surface area contributed by atoms with Crippen molar-refractivity contribution >= 4 is 66.4 Å². The lowest BCUT2D eigenvalue weighted by Gasteiger charge is -2.25. The highest BCUT2D eigenvalue weighted by molar-refractivity contribution is 7.91. The molecule has 1 amide bonds. The lowest BCUT2D eigenvalue weighted by Crippen LogP contribution is -2.39. The molecule has 0 atom stereocenters. The highest BCUT2D eigenvalue weighted by Gasteiger charge is 2.24. The minimum atomic E-state index is -3.42. The molecule has 2 aromatic carbocycles. The topological polar surface area (TPSA) is 70.6 Å². The quantitative estimate of drug-likeness (QED) is 0.367. The first-order valence-corrected chi connectivity index (χ1v) is 13.5. The van der Waals surface area contributed by atoms with Gasteiger partial charge in [0.25, 0.3) is 5.91 Å². The van der Waals surface area contributed by atoms with Crippen molar-refractivity contribution in [2.75, 3.05) is 36.8 Å². The van der Waals surface area contributed by atoms with Crippen molar-refractivity contribution in [1.29, 1.82) is 0 Å². The first-order chi connectivity index (χ1) is 15.2. The molecule has 3 aromatic rings. The average Bonchev–Trinajstić information content (AvgIpc) is 3.20. The highest BCUT2D eigenvalue weighted by Crippen LogP contribution is 2.33. The van der Waals surface area contributed by atoms with E-state index in [1.165, 1.54) is 23.5 Å². The number of halogens is 2. The van der Waals surface area contributed by atoms with Gasteiger partial charge in [-0.3, -0.25) is 9.69 Å². The fourth-order valence-corrected chi connectivity index (χ4v) is 5.84. The molecule has 1 aromatic heterocycles. The van der Waals surface area contributed by atoms with Gasteiger partial charge < -0.3 is 4.90 Å². The Labute approximate surface area is 210 Å². The van der Waals surface area contributed by atoms with Gasteiger partial charge in [0.1, 0.15) is 0 Å². The summed E-state index contributed by atoms with van der Waals surface area (Å²) in [6.45, 7) is 10.6. The number of anilines is 1. The Kier molecular flexibility index (Phi) is 9.70. The van der Waals surface area contributed by atoms with Crippen LogP contribution in [-0.2, 0) is 9.84 Å². The number of carbonyl (C=O) groups is 1. The Morgan fingerprint density at radius 1 is 1.09 bits per heavy atom. The zero-order chi connectivity index (χ0) is 23.5. The minimum Gasteiger partial charge on any atom is -0.302 e. The van der Waals surface area contributed by atoms with E-state index >= 15 is 0 Å². The summed E-state index contributed by atoms with van der Waals surface area (Å²) in [6.07, 6.45) is 0. The Bertz CT molecular complexity index is 1220. The maximum atomic E-state index is 13.6. The van der Waals surface area contributed by atoms with Gasteiger partial charge in [-0.15, -0.1) is 12.4 Å². The van der Waals surface area contributed by atoms with E-state index in [0.29, 0.717) is 28.8 Å². The summed E-state index contributed by atoms with van der Waals surface area (Å²) < 4.78 is 25.6. The predicted molar refractivity (Wildman–Crippen MR) is 140 cm³/mol. The normalized spacial score (nSPS) is 11.6. The summed E-state index contributed by atoms with van der Waals surface area (Å²) in [6, 6.07) is 9.96. The Morgan fingerprint density at radius 2 is 1.79 bits per heavy atom. The number of carbonyl (C=O) groups excluding carboxylic acids is 1. The van der Waals surface area contributed by atoms with Crippen molar-refractivity contribution in [3.05, 3.63) is 52.5 Å². The molecular formula is C23H29Cl2N3O3S2. The number of rotatable bonds is 9. The van der Waals surface area contributed by atoms with Gasteiger partial charge in [0.15, 0.2) is 15.0 Å². The Morgan fingerprint density at radius 3 is 2.42 bits per heavy atom. The molecule has 180 valence electrons. The van der Waals surface area contributed by atoms with Crippen LogP contribution in [0.25, 0.3) is 10.2 Å². The molecule has 0 saturated heterocycles. The first-order valence-electron chi connectivity index (χ1n) is 10.6. The maximum absolute atomic E-state index is 13.6. The number of hydrogen-bond donors (Lipinski definition) is 0. The molecule has 0 saturated carbocycles. The van der Waals surface area contributed by atoms with Gasteiger partial charge in [0, 0.05) is 23.7 Å². The van der Waals surface area contributed by atoms with Crippen LogP contribution in [-0.4, -0.2) is 56.1 Å². The molecule has 10 heteroatoms. The molecule has 0 aliphatic heterocycles. The van der Waals surface area contributed by atoms with Crippen molar-refractivity contribution in [2.24, 2.45) is 0 Å². The molecule has 6 nitrogen and oxygen atoms in total. The van der Waals surface area contributed by atoms with E-state index in [1.807, 2.05) is 19.1 Å². The molecule has 33 heavy (non-hydrogen) atoms. The highest BCUT2D eigenvalue weighted by atomic mass is 35.5. The van der Waals surface area contributed by atoms with Crippen LogP contribution < -0.4 is 4.90 Å². The number of amides is 1. The van der Waals surface area contributed by atoms with E-state index in [4.69, 9.17) is 16.6 Å². The third-order valence-corrected chi connectivity index (χ3v) is 8.45. The predicted octanol–water partition coefficient (Wildman–Crippen LogP) is 5.46. The second-order valence-corrected chi connectivity index (χ2v) is 11.2. The van der Waals surface area contributed by atoms with Gasteiger partial charge in [-0.05, 0) is 55.9 Å². The maximum Gasteiger partial charge on any atom is 0.260 e. The fourth-order valence-electron chi connectivity index (χ4n) is 3.47. The summed E-state index contributed by atoms with van der Waals surface area (Å²) in [4.78, 5) is 22.4. The number of likely N-dealkylation sites (N-methyl/N-ethyl adjacent to an activating group) is 1. The van der Waals surface area contributed by atoms with Gasteiger partial charge in [-0.25, -0.2) is 13.4 Å². The van der Waals surface area contributed by atoms with E-state index in [1.54, 1.807) is 24.0 Å². The van der Waals surface area contributed by atoms with Crippen LogP contribution in [0.2, 0.25) is 5.02 Å². The third kappa shape index (κ3) is 6.25. The monoisotopic (exact) mass is 529 g/mol. The largest absolute Gasteiger partial charge is 0.302 e. The second-order valence-electron chi connectivity index (χ2n) is 7.48. The molecule has 0 aliphatic rings. The van der Waals surface area contributed by atoms with Crippen molar-refractivity contribution < 1.29 is 13.2 Å². The van der Waals surface area contributed by atoms with E-state index in [9.17, 15) is 13.2 Å². The Balaban J connectivity index is 0.00000385. The molecule has 0 unspecified atom stereocenters. The second kappa shape index (κ2) is 11.6. The van der Waals surface area contributed by atoms with Gasteiger partial charge in [-0.1, -0.05) is 49.8 Å². The minimum absolute atomic E-state index is 0. The van der Waals surface area contributed by atoms with Crippen molar-refractivity contribution in [2.45, 2.75) is 32.6 Å². The molecule has 0 N–H and O–H groups in total. The zero-order valence-electron chi connectivity index (χ0n) is 19.2. The SMILES string of the molecule is CCN(CC)CCN(C(=O)c1cccc(S(=O)(=O)CC)c1)c1nc2c(C)cc(Cl)cc2s1.Cl. The number of benzene rings is 2. The number of aryl methyl sites for hydroxylation is 1. The summed E-state index contributed by atoms with van der Waals surface area (Å²) in [7, 11) is -3.42. The van der Waals surface area contributed by atoms with Crippen LogP contribution in [0.4, 0.5) is 5.13 Å². The van der Waals surface area contributed by atoms with E-state index < -0.39 is 9.84 Å². The smallest absolute Gasteiger partial charge is 0.260 e. The summed E-state index contributed by atoms with van der Waals surface area (Å²) in [5.74, 6) is -0.290. The number of thiazole rings is 1. The zero-order valence-corrected chi connectivity index (χ0v) is 22.4. The molecule has 0 spiro atoms. The van der Waals surface area contributed by atoms with Crippen LogP contribution >= 0.6 is 35.3 Å². The van der Waals surface area contributed by atoms with Gasteiger partial charge >= 0.3 is 0 Å². The van der Waals surface area contributed by atoms with Crippen LogP contribution in [0.3, 0.4) is 0 Å². The lowest BCUT2D eigenvalue weighted by atomic mass is 10.2. The summed E-state index contributed by atoms with van der Waals surface area (Å²) in [5, 5.41) is 1.20. The van der Waals surface area contributed by atoms with Crippen molar-refractivity contribution in [3.63, 3.8) is 0 Å². The number of sulfone groups is 1. The number of aromatic nitrogens is 1. The van der Waals surface area contributed by atoms with Crippen molar-refractivity contribution in [3.8, 4) is 0 Å². The van der Waals surface area contributed by atoms with Crippen LogP contribution in [0.1, 0.15) is 36.7 Å². The van der Waals surface area contributed by atoms with E-state index in [0.717, 1.165) is 28.9 Å². The molecule has 0 aliphatic carbocycles. The molecule has 0 fully saturated rings. The Hall–Kier alpha value is -1.71. The summed E-state index contributed by atoms with van der Waals surface area (Å²) in [5.41, 5.74) is 2.09. The van der Waals surface area contributed by atoms with E-state index in [2.05, 4.69) is 18.7 Å². The average molecular weight is 531 g/mol. The molecule has 3 rings (SSSR count). The summed E-state index contributed by atoms with van der Waals surface area (Å²) >= 11 is 7.63. The standard InChI is InChI=1S/C23H28ClN3O3S2.ClH/c1-5-26(6-2)11-12-27(23-25-21-16(4)13-18(24)15-20(21)31-23)22(28)17-9-8-10-19(14-17)32(29,30)7-3;/h8-10,13-15H,5-7,11-12H2,1-4H3;1H. The van der Waals surface area contributed by atoms with E-state index in [-0.39, 0.29) is 29.0 Å². The third-order valence-electron chi connectivity index (χ3n) is 5.47. The first kappa shape index (κ1) is 27.5. The fraction of sp³-hybridized carbons (Fsp3) is 0.391. The molecule has 1 heterocycles. The van der Waals surface area contributed by atoms with Gasteiger partial charge in [0.05, 0.1) is 20.9 Å². The molecular weight excluding hydrogens is 501 g/mol. The van der Waals surface area contributed by atoms with Crippen molar-refractivity contribution in [1.82, 2.24) is 9.88 Å². The lowest BCUT2D eigenvalue weighted by molar-refractivity contribution is 0.0983. The van der Waals surface area contributed by atoms with Gasteiger partial charge in [-0.2, -0.15) is 0 Å². The number of fused-ring (bicyclic) bond motifs is 1. The molecule has 0 bridgehead atoms. The number of nitrogens with zero attached hydrogens (tertiary/aromatic N) is 3. The van der Waals surface area contributed by atoms with Crippen LogP contribution in [0.15, 0.2) is 41.3 Å². The van der Waals surface area contributed by atoms with Gasteiger partial charge in [0.2, 0.25) is 0 Å². The molecule has 0 radical (unpaired) electrons. The number of hydrogen-bond acceptors (Lipinski definition) is 6. The van der Waals surface area contributed by atoms with Crippen LogP contribution in [0, 0.1) is 6.92 Å².